The van der Waals surface area contributed by atoms with Crippen molar-refractivity contribution in [3.05, 3.63) is 24.4 Å². The Morgan fingerprint density at radius 1 is 1.79 bits per heavy atom. The minimum absolute atomic E-state index is 0.00124. The van der Waals surface area contributed by atoms with E-state index in [1.807, 2.05) is 0 Å². The molecule has 1 saturated heterocycles. The topological polar surface area (TPSA) is 37.4 Å². The lowest BCUT2D eigenvalue weighted by Crippen LogP contribution is -2.53. The van der Waals surface area contributed by atoms with Crippen LogP contribution in [0.3, 0.4) is 0 Å². The molecular formula is C9H9NO2S2. The minimum Gasteiger partial charge on any atom is -0.295 e. The van der Waals surface area contributed by atoms with Gasteiger partial charge in [-0.1, -0.05) is 18.7 Å². The number of fused-ring (bicyclic) bond motifs is 1. The summed E-state index contributed by atoms with van der Waals surface area (Å²) in [5.74, 6) is -0.00124. The van der Waals surface area contributed by atoms with Gasteiger partial charge in [0.2, 0.25) is 11.0 Å². The van der Waals surface area contributed by atoms with Gasteiger partial charge in [0.15, 0.2) is 0 Å². The second kappa shape index (κ2) is 3.47. The first-order chi connectivity index (χ1) is 6.63. The van der Waals surface area contributed by atoms with Crippen LogP contribution < -0.4 is 0 Å². The molecule has 1 unspecified atom stereocenters. The molecule has 2 heterocycles. The second-order valence-corrected chi connectivity index (χ2v) is 4.88. The quantitative estimate of drug-likeness (QED) is 0.437. The summed E-state index contributed by atoms with van der Waals surface area (Å²) in [6.45, 7) is 3.68. The van der Waals surface area contributed by atoms with Gasteiger partial charge in [-0.2, -0.15) is 0 Å². The molecular weight excluding hydrogens is 218 g/mol. The zero-order valence-electron chi connectivity index (χ0n) is 7.34. The molecule has 0 spiro atoms. The first-order valence-corrected chi connectivity index (χ1v) is 5.57. The van der Waals surface area contributed by atoms with E-state index in [9.17, 15) is 9.59 Å². The summed E-state index contributed by atoms with van der Waals surface area (Å²) in [6.07, 6.45) is 4.01. The molecule has 0 radical (unpaired) electrons. The normalized spacial score (nSPS) is 30.2. The van der Waals surface area contributed by atoms with Crippen molar-refractivity contribution in [3.63, 3.8) is 0 Å². The van der Waals surface area contributed by atoms with Gasteiger partial charge in [-0.05, 0) is 6.08 Å². The number of thioether (sulfide) groups is 1. The van der Waals surface area contributed by atoms with Crippen LogP contribution in [0.2, 0.25) is 0 Å². The molecule has 0 aromatic carbocycles. The summed E-state index contributed by atoms with van der Waals surface area (Å²) in [6, 6.07) is 0. The maximum absolute atomic E-state index is 11.2. The standard InChI is InChI=1S/C9H9NO2S2/c1-2-5-3-6(9(12)13)10-7(11)4-8(10)14-5/h2-3,5,8H,1,4H2,(H,12,13)/t5?,8-/m1/s1. The molecule has 0 aromatic heterocycles. The van der Waals surface area contributed by atoms with E-state index >= 15 is 0 Å². The van der Waals surface area contributed by atoms with Crippen molar-refractivity contribution in [1.82, 2.24) is 4.90 Å². The molecule has 0 aliphatic carbocycles. The summed E-state index contributed by atoms with van der Waals surface area (Å²) in [5, 5.41) is -0.146. The van der Waals surface area contributed by atoms with Crippen molar-refractivity contribution in [1.29, 1.82) is 0 Å². The average Bonchev–Trinajstić information content (AvgIpc) is 2.14. The van der Waals surface area contributed by atoms with Gasteiger partial charge in [-0.3, -0.25) is 14.5 Å². The summed E-state index contributed by atoms with van der Waals surface area (Å²) < 4.78 is 0. The Labute approximate surface area is 91.6 Å². The molecule has 2 atom stereocenters. The van der Waals surface area contributed by atoms with E-state index in [0.29, 0.717) is 12.1 Å². The average molecular weight is 227 g/mol. The van der Waals surface area contributed by atoms with Crippen molar-refractivity contribution in [3.8, 4) is 0 Å². The highest BCUT2D eigenvalue weighted by molar-refractivity contribution is 8.01. The van der Waals surface area contributed by atoms with E-state index in [1.165, 1.54) is 4.90 Å². The van der Waals surface area contributed by atoms with Crippen LogP contribution in [0, 0.1) is 0 Å². The Bertz CT molecular complexity index is 351. The van der Waals surface area contributed by atoms with Crippen LogP contribution >= 0.6 is 24.4 Å². The number of carbonyl (C=O) groups is 2. The maximum Gasteiger partial charge on any atom is 0.232 e. The zero-order valence-corrected chi connectivity index (χ0v) is 9.05. The Hall–Kier alpha value is -0.680. The van der Waals surface area contributed by atoms with Crippen LogP contribution in [0.1, 0.15) is 6.42 Å². The predicted octanol–water partition coefficient (Wildman–Crippen LogP) is 1.19. The van der Waals surface area contributed by atoms with E-state index in [2.05, 4.69) is 19.2 Å². The van der Waals surface area contributed by atoms with Crippen LogP contribution in [0.15, 0.2) is 24.4 Å². The maximum atomic E-state index is 11.2. The molecule has 2 aliphatic heterocycles. The second-order valence-electron chi connectivity index (χ2n) is 3.12. The highest BCUT2D eigenvalue weighted by Gasteiger charge is 2.43. The molecule has 2 aliphatic rings. The van der Waals surface area contributed by atoms with Gasteiger partial charge < -0.3 is 0 Å². The van der Waals surface area contributed by atoms with Crippen molar-refractivity contribution >= 4 is 35.4 Å². The largest absolute Gasteiger partial charge is 0.295 e. The van der Waals surface area contributed by atoms with Gasteiger partial charge in [-0.15, -0.1) is 18.3 Å². The molecule has 14 heavy (non-hydrogen) atoms. The van der Waals surface area contributed by atoms with E-state index in [4.69, 9.17) is 0 Å². The van der Waals surface area contributed by atoms with Crippen LogP contribution in [0.25, 0.3) is 0 Å². The van der Waals surface area contributed by atoms with Crippen LogP contribution in [0.4, 0.5) is 0 Å². The van der Waals surface area contributed by atoms with Gasteiger partial charge in [0.05, 0.1) is 17.5 Å². The lowest BCUT2D eigenvalue weighted by molar-refractivity contribution is -0.140. The van der Waals surface area contributed by atoms with E-state index < -0.39 is 0 Å². The van der Waals surface area contributed by atoms with E-state index in [-0.39, 0.29) is 21.6 Å². The fourth-order valence-electron chi connectivity index (χ4n) is 1.54. The molecule has 0 bridgehead atoms. The number of hydrogen-bond donors (Lipinski definition) is 1. The van der Waals surface area contributed by atoms with E-state index in [0.717, 1.165) is 0 Å². The Kier molecular flexibility index (Phi) is 2.45. The van der Waals surface area contributed by atoms with Crippen molar-refractivity contribution in [2.45, 2.75) is 17.0 Å². The number of amides is 1. The number of β-lactam (4-membered cyclic amide) rings is 1. The minimum atomic E-state index is -0.352. The van der Waals surface area contributed by atoms with Crippen molar-refractivity contribution < 1.29 is 9.59 Å². The Balaban J connectivity index is 2.32. The molecule has 1 fully saturated rings. The number of nitrogens with zero attached hydrogens (tertiary/aromatic N) is 1. The Morgan fingerprint density at radius 3 is 3.00 bits per heavy atom. The number of hydrogen-bond acceptors (Lipinski definition) is 3. The Morgan fingerprint density at radius 2 is 2.50 bits per heavy atom. The lowest BCUT2D eigenvalue weighted by Gasteiger charge is -2.44. The predicted molar refractivity (Wildman–Crippen MR) is 58.9 cm³/mol. The van der Waals surface area contributed by atoms with Gasteiger partial charge in [0.25, 0.3) is 0 Å². The van der Waals surface area contributed by atoms with Gasteiger partial charge in [0.1, 0.15) is 0 Å². The summed E-state index contributed by atoms with van der Waals surface area (Å²) in [5.41, 5.74) is 0.401. The summed E-state index contributed by atoms with van der Waals surface area (Å²) in [4.78, 5) is 23.9. The molecule has 2 rings (SSSR count). The third-order valence-electron chi connectivity index (χ3n) is 2.25. The highest BCUT2D eigenvalue weighted by atomic mass is 32.2. The monoisotopic (exact) mass is 227 g/mol. The molecule has 3 nitrogen and oxygen atoms in total. The molecule has 0 N–H and O–H groups in total. The van der Waals surface area contributed by atoms with E-state index in [1.54, 1.807) is 23.9 Å². The van der Waals surface area contributed by atoms with Gasteiger partial charge >= 0.3 is 0 Å². The SMILES string of the molecule is C=CC1C=C(C(=O)S)N2C(=O)C[C@H]2S1. The smallest absolute Gasteiger partial charge is 0.232 e. The number of carbonyl (C=O) groups excluding carboxylic acids is 2. The highest BCUT2D eigenvalue weighted by Crippen LogP contribution is 2.41. The van der Waals surface area contributed by atoms with Crippen molar-refractivity contribution in [2.75, 3.05) is 0 Å². The van der Waals surface area contributed by atoms with Crippen molar-refractivity contribution in [2.24, 2.45) is 0 Å². The lowest BCUT2D eigenvalue weighted by atomic mass is 10.1. The summed E-state index contributed by atoms with van der Waals surface area (Å²) in [7, 11) is 0. The third-order valence-corrected chi connectivity index (χ3v) is 3.82. The molecule has 74 valence electrons. The number of thiol groups is 1. The number of rotatable bonds is 2. The zero-order chi connectivity index (χ0) is 10.3. The first-order valence-electron chi connectivity index (χ1n) is 4.18. The van der Waals surface area contributed by atoms with Crippen LogP contribution in [0.5, 0.6) is 0 Å². The molecule has 0 saturated carbocycles. The van der Waals surface area contributed by atoms with Crippen LogP contribution in [-0.2, 0) is 9.59 Å². The first kappa shape index (κ1) is 9.86. The van der Waals surface area contributed by atoms with Gasteiger partial charge in [0, 0.05) is 5.25 Å². The molecule has 5 heteroatoms. The summed E-state index contributed by atoms with van der Waals surface area (Å²) >= 11 is 5.38. The van der Waals surface area contributed by atoms with Crippen LogP contribution in [-0.4, -0.2) is 26.5 Å². The molecule has 0 aromatic rings. The fourth-order valence-corrected chi connectivity index (χ4v) is 3.00. The van der Waals surface area contributed by atoms with Gasteiger partial charge in [-0.25, -0.2) is 0 Å². The third kappa shape index (κ3) is 1.40. The fraction of sp³-hybridized carbons (Fsp3) is 0.333. The molecule has 1 amide bonds.